The Morgan fingerprint density at radius 2 is 2.59 bits per heavy atom. The van der Waals surface area contributed by atoms with Gasteiger partial charge in [0.1, 0.15) is 11.7 Å². The maximum Gasteiger partial charge on any atom is 0.320 e. The van der Waals surface area contributed by atoms with E-state index in [2.05, 4.69) is 15.6 Å². The molecule has 1 saturated heterocycles. The average Bonchev–Trinajstić information content (AvgIpc) is 2.94. The Morgan fingerprint density at radius 3 is 3.24 bits per heavy atom. The molecule has 1 aliphatic rings. The molecule has 2 rings (SSSR count). The van der Waals surface area contributed by atoms with Gasteiger partial charge in [-0.3, -0.25) is 4.79 Å². The van der Waals surface area contributed by atoms with Gasteiger partial charge in [0.05, 0.1) is 18.8 Å². The van der Waals surface area contributed by atoms with Crippen molar-refractivity contribution in [3.8, 4) is 0 Å². The maximum absolute atomic E-state index is 10.8. The summed E-state index contributed by atoms with van der Waals surface area (Å²) in [4.78, 5) is 10.8. The first-order valence-electron chi connectivity index (χ1n) is 5.65. The molecular weight excluding hydrogens is 224 g/mol. The van der Waals surface area contributed by atoms with E-state index in [1.54, 1.807) is 4.68 Å². The fraction of sp³-hybridized carbons (Fsp3) is 0.700. The monoisotopic (exact) mass is 240 g/mol. The second kappa shape index (κ2) is 5.24. The van der Waals surface area contributed by atoms with E-state index in [1.165, 1.54) is 0 Å². The van der Waals surface area contributed by atoms with Crippen molar-refractivity contribution in [3.05, 3.63) is 11.9 Å². The van der Waals surface area contributed by atoms with Crippen molar-refractivity contribution in [1.29, 1.82) is 0 Å². The van der Waals surface area contributed by atoms with Crippen LogP contribution < -0.4 is 5.32 Å². The van der Waals surface area contributed by atoms with E-state index in [0.29, 0.717) is 26.2 Å². The van der Waals surface area contributed by atoms with Crippen molar-refractivity contribution in [1.82, 2.24) is 20.3 Å². The summed E-state index contributed by atoms with van der Waals surface area (Å²) in [6.45, 7) is 3.61. The first-order valence-corrected chi connectivity index (χ1v) is 5.65. The summed E-state index contributed by atoms with van der Waals surface area (Å²) in [5, 5.41) is 19.8. The lowest BCUT2D eigenvalue weighted by atomic mass is 10.2. The predicted molar refractivity (Wildman–Crippen MR) is 58.4 cm³/mol. The standard InChI is InChI=1S/C10H16N4O3/c1-2-17-6-7-5-14(13-12-7)8-3-9(10(15)16)11-4-8/h5,8-9,11H,2-4,6H2,1H3,(H,15,16)/t8-,9+/m1/s1. The largest absolute Gasteiger partial charge is 0.480 e. The Bertz CT molecular complexity index is 393. The molecule has 2 heterocycles. The third kappa shape index (κ3) is 2.80. The first kappa shape index (κ1) is 12.0. The molecule has 0 amide bonds. The van der Waals surface area contributed by atoms with Crippen LogP contribution in [-0.2, 0) is 16.1 Å². The number of nitrogens with zero attached hydrogens (tertiary/aromatic N) is 3. The van der Waals surface area contributed by atoms with Crippen LogP contribution in [0.2, 0.25) is 0 Å². The topological polar surface area (TPSA) is 89.3 Å². The fourth-order valence-corrected chi connectivity index (χ4v) is 1.87. The number of carbonyl (C=O) groups is 1. The zero-order valence-corrected chi connectivity index (χ0v) is 9.67. The lowest BCUT2D eigenvalue weighted by molar-refractivity contribution is -0.139. The maximum atomic E-state index is 10.8. The van der Waals surface area contributed by atoms with E-state index in [0.717, 1.165) is 5.69 Å². The minimum absolute atomic E-state index is 0.0546. The van der Waals surface area contributed by atoms with Gasteiger partial charge in [-0.2, -0.15) is 0 Å². The Morgan fingerprint density at radius 1 is 1.76 bits per heavy atom. The summed E-state index contributed by atoms with van der Waals surface area (Å²) in [7, 11) is 0. The van der Waals surface area contributed by atoms with Gasteiger partial charge in [0.2, 0.25) is 0 Å². The molecule has 1 aromatic rings. The highest BCUT2D eigenvalue weighted by Crippen LogP contribution is 2.18. The number of carboxylic acids is 1. The van der Waals surface area contributed by atoms with Gasteiger partial charge in [-0.25, -0.2) is 4.68 Å². The molecule has 7 heteroatoms. The van der Waals surface area contributed by atoms with Gasteiger partial charge in [-0.05, 0) is 13.3 Å². The van der Waals surface area contributed by atoms with Crippen LogP contribution in [0.5, 0.6) is 0 Å². The summed E-state index contributed by atoms with van der Waals surface area (Å²) in [5.41, 5.74) is 0.769. The third-order valence-corrected chi connectivity index (χ3v) is 2.79. The van der Waals surface area contributed by atoms with Crippen molar-refractivity contribution in [2.24, 2.45) is 0 Å². The van der Waals surface area contributed by atoms with Crippen LogP contribution in [0.3, 0.4) is 0 Å². The van der Waals surface area contributed by atoms with Gasteiger partial charge in [0.15, 0.2) is 0 Å². The zero-order valence-electron chi connectivity index (χ0n) is 9.67. The summed E-state index contributed by atoms with van der Waals surface area (Å²) >= 11 is 0. The van der Waals surface area contributed by atoms with Crippen LogP contribution in [0.25, 0.3) is 0 Å². The van der Waals surface area contributed by atoms with Crippen LogP contribution in [0.1, 0.15) is 25.1 Å². The number of aromatic nitrogens is 3. The molecule has 0 saturated carbocycles. The lowest BCUT2D eigenvalue weighted by Gasteiger charge is -2.06. The van der Waals surface area contributed by atoms with Gasteiger partial charge < -0.3 is 15.2 Å². The molecule has 94 valence electrons. The first-order chi connectivity index (χ1) is 8.20. The van der Waals surface area contributed by atoms with Gasteiger partial charge >= 0.3 is 5.97 Å². The summed E-state index contributed by atoms with van der Waals surface area (Å²) < 4.78 is 6.94. The molecule has 17 heavy (non-hydrogen) atoms. The van der Waals surface area contributed by atoms with E-state index >= 15 is 0 Å². The predicted octanol–water partition coefficient (Wildman–Crippen LogP) is -0.198. The van der Waals surface area contributed by atoms with Gasteiger partial charge in [0, 0.05) is 13.2 Å². The number of aliphatic carboxylic acids is 1. The molecule has 2 atom stereocenters. The Hall–Kier alpha value is -1.47. The average molecular weight is 240 g/mol. The molecule has 2 N–H and O–H groups in total. The van der Waals surface area contributed by atoms with E-state index < -0.39 is 12.0 Å². The van der Waals surface area contributed by atoms with Crippen molar-refractivity contribution < 1.29 is 14.6 Å². The molecule has 0 aliphatic carbocycles. The molecule has 1 aliphatic heterocycles. The van der Waals surface area contributed by atoms with Crippen LogP contribution >= 0.6 is 0 Å². The molecule has 1 fully saturated rings. The second-order valence-corrected chi connectivity index (χ2v) is 4.02. The van der Waals surface area contributed by atoms with Crippen molar-refractivity contribution >= 4 is 5.97 Å². The van der Waals surface area contributed by atoms with Crippen molar-refractivity contribution in [2.45, 2.75) is 32.0 Å². The van der Waals surface area contributed by atoms with Gasteiger partial charge in [-0.1, -0.05) is 5.21 Å². The highest BCUT2D eigenvalue weighted by molar-refractivity contribution is 5.73. The number of nitrogens with one attached hydrogen (secondary N) is 1. The van der Waals surface area contributed by atoms with Crippen molar-refractivity contribution in [3.63, 3.8) is 0 Å². The zero-order chi connectivity index (χ0) is 12.3. The summed E-state index contributed by atoms with van der Waals surface area (Å²) in [5.74, 6) is -0.817. The van der Waals surface area contributed by atoms with Gasteiger partial charge in [-0.15, -0.1) is 5.10 Å². The minimum atomic E-state index is -0.817. The quantitative estimate of drug-likeness (QED) is 0.741. The minimum Gasteiger partial charge on any atom is -0.480 e. The van der Waals surface area contributed by atoms with E-state index in [4.69, 9.17) is 9.84 Å². The second-order valence-electron chi connectivity index (χ2n) is 4.02. The highest BCUT2D eigenvalue weighted by atomic mass is 16.5. The molecule has 0 radical (unpaired) electrons. The molecule has 1 aromatic heterocycles. The molecule has 0 unspecified atom stereocenters. The number of rotatable bonds is 5. The molecule has 0 bridgehead atoms. The Balaban J connectivity index is 1.94. The molecular formula is C10H16N4O3. The highest BCUT2D eigenvalue weighted by Gasteiger charge is 2.30. The van der Waals surface area contributed by atoms with E-state index in [9.17, 15) is 4.79 Å². The third-order valence-electron chi connectivity index (χ3n) is 2.79. The van der Waals surface area contributed by atoms with Crippen LogP contribution in [0.15, 0.2) is 6.20 Å². The van der Waals surface area contributed by atoms with Crippen LogP contribution in [-0.4, -0.2) is 45.3 Å². The summed E-state index contributed by atoms with van der Waals surface area (Å²) in [6.07, 6.45) is 2.35. The van der Waals surface area contributed by atoms with Crippen LogP contribution in [0.4, 0.5) is 0 Å². The number of ether oxygens (including phenoxy) is 1. The fourth-order valence-electron chi connectivity index (χ4n) is 1.87. The Kier molecular flexibility index (Phi) is 3.70. The van der Waals surface area contributed by atoms with Crippen molar-refractivity contribution in [2.75, 3.05) is 13.2 Å². The van der Waals surface area contributed by atoms with E-state index in [1.807, 2.05) is 13.1 Å². The smallest absolute Gasteiger partial charge is 0.320 e. The number of carboxylic acid groups (broad SMARTS) is 1. The SMILES string of the molecule is CCOCc1cn([C@H]2CN[C@H](C(=O)O)C2)nn1. The van der Waals surface area contributed by atoms with Gasteiger partial charge in [0.25, 0.3) is 0 Å². The molecule has 0 spiro atoms. The molecule has 0 aromatic carbocycles. The molecule has 7 nitrogen and oxygen atoms in total. The number of hydrogen-bond donors (Lipinski definition) is 2. The normalized spacial score (nSPS) is 24.1. The summed E-state index contributed by atoms with van der Waals surface area (Å²) in [6, 6.07) is -0.432. The van der Waals surface area contributed by atoms with E-state index in [-0.39, 0.29) is 6.04 Å². The lowest BCUT2D eigenvalue weighted by Crippen LogP contribution is -2.29. The van der Waals surface area contributed by atoms with Crippen LogP contribution in [0, 0.1) is 0 Å². The Labute approximate surface area is 98.8 Å². The number of hydrogen-bond acceptors (Lipinski definition) is 5.